The lowest BCUT2D eigenvalue weighted by atomic mass is 9.85. The lowest BCUT2D eigenvalue weighted by Gasteiger charge is -2.41. The van der Waals surface area contributed by atoms with Crippen LogP contribution in [0.5, 0.6) is 0 Å². The van der Waals surface area contributed by atoms with Crippen molar-refractivity contribution in [3.8, 4) is 0 Å². The monoisotopic (exact) mass is 643 g/mol. The molecule has 0 saturated carbocycles. The van der Waals surface area contributed by atoms with Gasteiger partial charge in [-0.25, -0.2) is 14.4 Å². The van der Waals surface area contributed by atoms with Gasteiger partial charge in [0.1, 0.15) is 17.2 Å². The molecule has 4 heterocycles. The normalized spacial score (nSPS) is 24.1. The molecule has 3 atom stereocenters. The Labute approximate surface area is 266 Å². The minimum atomic E-state index is -1.68. The summed E-state index contributed by atoms with van der Waals surface area (Å²) >= 11 is 12.3. The molecule has 2 fully saturated rings. The van der Waals surface area contributed by atoms with Crippen LogP contribution in [0.4, 0.5) is 4.39 Å². The maximum Gasteiger partial charge on any atom is 0.257 e. The van der Waals surface area contributed by atoms with Crippen molar-refractivity contribution in [3.63, 3.8) is 0 Å². The van der Waals surface area contributed by atoms with Gasteiger partial charge in [-0.15, -0.1) is 0 Å². The topological polar surface area (TPSA) is 91.3 Å². The Bertz CT molecular complexity index is 1500. The number of carbonyl (C=O) groups is 1. The molecule has 2 unspecified atom stereocenters. The fourth-order valence-corrected chi connectivity index (χ4v) is 6.58. The quantitative estimate of drug-likeness (QED) is 0.366. The van der Waals surface area contributed by atoms with Gasteiger partial charge in [-0.3, -0.25) is 14.6 Å². The zero-order valence-corrected chi connectivity index (χ0v) is 26.3. The number of ether oxygens (including phenoxy) is 2. The summed E-state index contributed by atoms with van der Waals surface area (Å²) in [4.78, 5) is 29.0. The van der Waals surface area contributed by atoms with E-state index < -0.39 is 29.2 Å². The van der Waals surface area contributed by atoms with Crippen molar-refractivity contribution in [2.45, 2.75) is 43.7 Å². The number of aliphatic hydroxyl groups is 1. The average molecular weight is 645 g/mol. The minimum absolute atomic E-state index is 0.0764. The number of likely N-dealkylation sites (N-methyl/N-ethyl adjacent to an activating group) is 1. The first-order valence-electron chi connectivity index (χ1n) is 14.9. The minimum Gasteiger partial charge on any atom is -0.384 e. The number of rotatable bonds is 9. The Kier molecular flexibility index (Phi) is 8.96. The van der Waals surface area contributed by atoms with Gasteiger partial charge in [-0.1, -0.05) is 42.3 Å². The van der Waals surface area contributed by atoms with Gasteiger partial charge in [-0.2, -0.15) is 0 Å². The van der Waals surface area contributed by atoms with Gasteiger partial charge >= 0.3 is 0 Å². The van der Waals surface area contributed by atoms with Gasteiger partial charge in [0, 0.05) is 62.3 Å². The summed E-state index contributed by atoms with van der Waals surface area (Å²) in [5.41, 5.74) is -1.99. The summed E-state index contributed by atoms with van der Waals surface area (Å²) in [6.45, 7) is 6.22. The molecule has 6 rings (SSSR count). The number of nitrogens with zero attached hydrogens (tertiary/aromatic N) is 5. The number of carbonyl (C=O) groups excluding carboxylic acids is 1. The smallest absolute Gasteiger partial charge is 0.257 e. The van der Waals surface area contributed by atoms with Gasteiger partial charge in [0.2, 0.25) is 5.72 Å². The van der Waals surface area contributed by atoms with Crippen LogP contribution in [0.15, 0.2) is 48.8 Å². The van der Waals surface area contributed by atoms with E-state index in [-0.39, 0.29) is 17.7 Å². The Morgan fingerprint density at radius 1 is 1.11 bits per heavy atom. The molecule has 2 aromatic carbocycles. The predicted molar refractivity (Wildman–Crippen MR) is 164 cm³/mol. The molecule has 234 valence electrons. The summed E-state index contributed by atoms with van der Waals surface area (Å²) in [6.07, 6.45) is 3.40. The highest BCUT2D eigenvalue weighted by atomic mass is 35.5. The second kappa shape index (κ2) is 12.6. The fraction of sp³-hybridized carbons (Fsp3) is 0.469. The average Bonchev–Trinajstić information content (AvgIpc) is 3.61. The zero-order chi connectivity index (χ0) is 31.1. The van der Waals surface area contributed by atoms with Gasteiger partial charge in [0.15, 0.2) is 0 Å². The number of aromatic nitrogens is 2. The van der Waals surface area contributed by atoms with Crippen molar-refractivity contribution < 1.29 is 23.8 Å². The molecule has 0 bridgehead atoms. The number of benzene rings is 2. The van der Waals surface area contributed by atoms with Crippen LogP contribution < -0.4 is 0 Å². The number of fused-ring (bicyclic) bond motifs is 1. The van der Waals surface area contributed by atoms with E-state index in [2.05, 4.69) is 26.8 Å². The second-order valence-corrected chi connectivity index (χ2v) is 12.7. The summed E-state index contributed by atoms with van der Waals surface area (Å²) < 4.78 is 29.2. The first kappa shape index (κ1) is 31.3. The highest BCUT2D eigenvalue weighted by molar-refractivity contribution is 6.30. The molecule has 3 aliphatic rings. The molecule has 2 saturated heterocycles. The van der Waals surface area contributed by atoms with E-state index in [1.54, 1.807) is 30.3 Å². The van der Waals surface area contributed by atoms with E-state index in [9.17, 15) is 9.90 Å². The van der Waals surface area contributed by atoms with Crippen LogP contribution in [0, 0.1) is 5.82 Å². The van der Waals surface area contributed by atoms with Crippen molar-refractivity contribution in [2.75, 3.05) is 53.0 Å². The summed E-state index contributed by atoms with van der Waals surface area (Å²) in [6, 6.07) is 9.82. The molecule has 44 heavy (non-hydrogen) atoms. The second-order valence-electron chi connectivity index (χ2n) is 11.8. The van der Waals surface area contributed by atoms with Crippen molar-refractivity contribution in [1.29, 1.82) is 0 Å². The van der Waals surface area contributed by atoms with Crippen molar-refractivity contribution in [2.24, 2.45) is 0 Å². The third kappa shape index (κ3) is 5.85. The van der Waals surface area contributed by atoms with Gasteiger partial charge in [0.05, 0.1) is 35.4 Å². The molecule has 1 amide bonds. The van der Waals surface area contributed by atoms with Crippen LogP contribution in [0.2, 0.25) is 10.0 Å². The summed E-state index contributed by atoms with van der Waals surface area (Å²) in [7, 11) is 2.07. The molecular formula is C32H36Cl2FN5O4. The Morgan fingerprint density at radius 2 is 1.82 bits per heavy atom. The number of β-amino-alcohol motifs (C(OH)–C–C–N with tert-alkyl or cyclic N) is 1. The molecule has 1 N–H and O–H groups in total. The number of halogens is 3. The Hall–Kier alpha value is -2.70. The Balaban J connectivity index is 1.50. The molecule has 0 aliphatic carbocycles. The lowest BCUT2D eigenvalue weighted by molar-refractivity contribution is -0.149. The molecule has 3 aliphatic heterocycles. The molecular weight excluding hydrogens is 608 g/mol. The van der Waals surface area contributed by atoms with Crippen molar-refractivity contribution in [3.05, 3.63) is 92.7 Å². The molecule has 0 radical (unpaired) electrons. The van der Waals surface area contributed by atoms with Crippen LogP contribution in [0.1, 0.15) is 52.6 Å². The third-order valence-corrected chi connectivity index (χ3v) is 9.37. The zero-order valence-electron chi connectivity index (χ0n) is 24.8. The standard InChI is InChI=1S/C32H36Cl2FN5O4/c1-3-31(42,20-39-11-9-38(2)10-12-39)22-14-26-29(27(35)15-22)32(44-25-8-13-43-19-25,21-4-6-23(33)7-5-21)40(30(26)41)18-28-36-16-24(34)17-37-28/h4-7,14-17,25,42H,3,8-13,18-20H2,1-2H3/t25?,31?,32-/m1/s1. The van der Waals surface area contributed by atoms with Crippen LogP contribution in [-0.2, 0) is 27.3 Å². The number of piperazine rings is 1. The predicted octanol–water partition coefficient (Wildman–Crippen LogP) is 4.43. The van der Waals surface area contributed by atoms with E-state index in [4.69, 9.17) is 32.7 Å². The van der Waals surface area contributed by atoms with E-state index in [0.717, 1.165) is 26.2 Å². The first-order chi connectivity index (χ1) is 21.1. The van der Waals surface area contributed by atoms with Crippen molar-refractivity contribution in [1.82, 2.24) is 24.7 Å². The number of hydrogen-bond acceptors (Lipinski definition) is 8. The van der Waals surface area contributed by atoms with E-state index in [1.807, 2.05) is 6.92 Å². The third-order valence-electron chi connectivity index (χ3n) is 8.92. The molecule has 12 heteroatoms. The summed E-state index contributed by atoms with van der Waals surface area (Å²) in [5, 5.41) is 12.8. The maximum absolute atomic E-state index is 16.8. The highest BCUT2D eigenvalue weighted by Crippen LogP contribution is 2.49. The van der Waals surface area contributed by atoms with Crippen molar-refractivity contribution >= 4 is 29.1 Å². The van der Waals surface area contributed by atoms with Gasteiger partial charge in [0.25, 0.3) is 5.91 Å². The first-order valence-corrected chi connectivity index (χ1v) is 15.7. The molecule has 3 aromatic rings. The van der Waals surface area contributed by atoms with Crippen LogP contribution in [0.3, 0.4) is 0 Å². The van der Waals surface area contributed by atoms with E-state index in [0.29, 0.717) is 59.6 Å². The highest BCUT2D eigenvalue weighted by Gasteiger charge is 2.56. The largest absolute Gasteiger partial charge is 0.384 e. The molecule has 9 nitrogen and oxygen atoms in total. The summed E-state index contributed by atoms with van der Waals surface area (Å²) in [5.74, 6) is -0.809. The molecule has 0 spiro atoms. The number of amides is 1. The molecule has 1 aromatic heterocycles. The maximum atomic E-state index is 16.8. The fourth-order valence-electron chi connectivity index (χ4n) is 6.35. The van der Waals surface area contributed by atoms with Crippen LogP contribution >= 0.6 is 23.2 Å². The van der Waals surface area contributed by atoms with Crippen LogP contribution in [-0.4, -0.2) is 94.8 Å². The van der Waals surface area contributed by atoms with E-state index in [1.165, 1.54) is 23.4 Å². The van der Waals surface area contributed by atoms with Crippen LogP contribution in [0.25, 0.3) is 0 Å². The number of hydrogen-bond donors (Lipinski definition) is 1. The lowest BCUT2D eigenvalue weighted by Crippen LogP contribution is -2.50. The van der Waals surface area contributed by atoms with Gasteiger partial charge < -0.3 is 19.5 Å². The van der Waals surface area contributed by atoms with Gasteiger partial charge in [-0.05, 0) is 49.7 Å². The SMILES string of the molecule is CCC(O)(CN1CCN(C)CC1)c1cc(F)c2c(c1)C(=O)N(Cc1ncc(Cl)cn1)[C@@]2(OC1CCOC1)c1ccc(Cl)cc1. The van der Waals surface area contributed by atoms with E-state index >= 15 is 4.39 Å². The Morgan fingerprint density at radius 3 is 2.45 bits per heavy atom.